The quantitative estimate of drug-likeness (QED) is 0.721. The van der Waals surface area contributed by atoms with E-state index in [9.17, 15) is 13.2 Å². The Morgan fingerprint density at radius 3 is 2.54 bits per heavy atom. The van der Waals surface area contributed by atoms with E-state index in [4.69, 9.17) is 4.42 Å². The molecule has 74 valence electrons. The van der Waals surface area contributed by atoms with Crippen LogP contribution in [0.3, 0.4) is 0 Å². The van der Waals surface area contributed by atoms with Crippen molar-refractivity contribution in [3.8, 4) is 0 Å². The number of oxazole rings is 1. The zero-order chi connectivity index (χ0) is 10.1. The lowest BCUT2D eigenvalue weighted by Gasteiger charge is -2.12. The molecule has 0 aliphatic heterocycles. The van der Waals surface area contributed by atoms with Crippen molar-refractivity contribution in [2.45, 2.75) is 26.4 Å². The van der Waals surface area contributed by atoms with Crippen molar-refractivity contribution < 1.29 is 17.6 Å². The molecule has 13 heavy (non-hydrogen) atoms. The topological polar surface area (TPSA) is 26.0 Å². The third-order valence-electron chi connectivity index (χ3n) is 1.71. The van der Waals surface area contributed by atoms with Crippen LogP contribution in [0.2, 0.25) is 0 Å². The van der Waals surface area contributed by atoms with Gasteiger partial charge in [-0.1, -0.05) is 6.92 Å². The van der Waals surface area contributed by atoms with E-state index >= 15 is 0 Å². The van der Waals surface area contributed by atoms with E-state index in [-0.39, 0.29) is 12.3 Å². The Balaban J connectivity index is 2.60. The summed E-state index contributed by atoms with van der Waals surface area (Å²) in [5.74, 6) is -0.739. The van der Waals surface area contributed by atoms with Crippen molar-refractivity contribution in [2.24, 2.45) is 5.92 Å². The lowest BCUT2D eigenvalue weighted by molar-refractivity contribution is -0.170. The summed E-state index contributed by atoms with van der Waals surface area (Å²) in [7, 11) is 0. The Hall–Kier alpha value is -1.00. The third kappa shape index (κ3) is 2.75. The minimum Gasteiger partial charge on any atom is -0.446 e. The van der Waals surface area contributed by atoms with Crippen LogP contribution in [0.4, 0.5) is 13.2 Å². The number of hydrogen-bond acceptors (Lipinski definition) is 2. The first kappa shape index (κ1) is 10.1. The molecule has 0 saturated carbocycles. The van der Waals surface area contributed by atoms with Crippen LogP contribution in [0.1, 0.15) is 18.6 Å². The molecule has 1 atom stereocenters. The SMILES string of the molecule is Cc1cnc(CC(C)C(F)(F)F)o1. The standard InChI is InChI=1S/C8H10F3NO/c1-5(8(9,10)11)3-7-12-4-6(2)13-7/h4-5H,3H2,1-2H3. The van der Waals surface area contributed by atoms with Crippen molar-refractivity contribution in [3.63, 3.8) is 0 Å². The maximum absolute atomic E-state index is 12.1. The summed E-state index contributed by atoms with van der Waals surface area (Å²) in [5.41, 5.74) is 0. The number of aryl methyl sites for hydroxylation is 1. The summed E-state index contributed by atoms with van der Waals surface area (Å²) < 4.78 is 41.2. The van der Waals surface area contributed by atoms with Crippen molar-refractivity contribution in [1.29, 1.82) is 0 Å². The van der Waals surface area contributed by atoms with Crippen molar-refractivity contribution in [2.75, 3.05) is 0 Å². The van der Waals surface area contributed by atoms with Crippen molar-refractivity contribution >= 4 is 0 Å². The van der Waals surface area contributed by atoms with Crippen molar-refractivity contribution in [1.82, 2.24) is 4.98 Å². The maximum atomic E-state index is 12.1. The minimum atomic E-state index is -4.18. The van der Waals surface area contributed by atoms with Gasteiger partial charge in [-0.05, 0) is 6.92 Å². The fourth-order valence-corrected chi connectivity index (χ4v) is 0.873. The minimum absolute atomic E-state index is 0.141. The lowest BCUT2D eigenvalue weighted by atomic mass is 10.1. The van der Waals surface area contributed by atoms with Gasteiger partial charge < -0.3 is 4.42 Å². The van der Waals surface area contributed by atoms with Crippen LogP contribution in [0.15, 0.2) is 10.6 Å². The fourth-order valence-electron chi connectivity index (χ4n) is 0.873. The zero-order valence-electron chi connectivity index (χ0n) is 7.35. The molecule has 0 aromatic carbocycles. The molecule has 0 aliphatic rings. The monoisotopic (exact) mass is 193 g/mol. The summed E-state index contributed by atoms with van der Waals surface area (Å²) in [5, 5.41) is 0. The zero-order valence-corrected chi connectivity index (χ0v) is 7.35. The third-order valence-corrected chi connectivity index (χ3v) is 1.71. The second kappa shape index (κ2) is 3.40. The molecule has 1 heterocycles. The largest absolute Gasteiger partial charge is 0.446 e. The number of alkyl halides is 3. The average molecular weight is 193 g/mol. The molecule has 5 heteroatoms. The fraction of sp³-hybridized carbons (Fsp3) is 0.625. The Morgan fingerprint density at radius 1 is 1.54 bits per heavy atom. The van der Waals surface area contributed by atoms with Gasteiger partial charge in [0, 0.05) is 6.42 Å². The number of rotatable bonds is 2. The van der Waals surface area contributed by atoms with Crippen LogP contribution in [-0.4, -0.2) is 11.2 Å². The van der Waals surface area contributed by atoms with E-state index in [2.05, 4.69) is 4.98 Å². The van der Waals surface area contributed by atoms with E-state index in [1.807, 2.05) is 0 Å². The van der Waals surface area contributed by atoms with Crippen LogP contribution >= 0.6 is 0 Å². The van der Waals surface area contributed by atoms with E-state index in [0.717, 1.165) is 6.92 Å². The first-order valence-electron chi connectivity index (χ1n) is 3.87. The molecule has 0 N–H and O–H groups in total. The average Bonchev–Trinajstić information content (AvgIpc) is 2.33. The first-order valence-corrected chi connectivity index (χ1v) is 3.87. The highest BCUT2D eigenvalue weighted by atomic mass is 19.4. The number of halogens is 3. The molecule has 0 saturated heterocycles. The predicted octanol–water partition coefficient (Wildman–Crippen LogP) is 2.72. The van der Waals surface area contributed by atoms with Gasteiger partial charge >= 0.3 is 6.18 Å². The van der Waals surface area contributed by atoms with Gasteiger partial charge in [-0.2, -0.15) is 13.2 Å². The molecule has 1 aromatic rings. The van der Waals surface area contributed by atoms with E-state index in [0.29, 0.717) is 5.76 Å². The summed E-state index contributed by atoms with van der Waals surface area (Å²) in [6, 6.07) is 0. The van der Waals surface area contributed by atoms with Crippen LogP contribution in [0, 0.1) is 12.8 Å². The molecule has 1 unspecified atom stereocenters. The van der Waals surface area contributed by atoms with Crippen molar-refractivity contribution in [3.05, 3.63) is 17.8 Å². The highest BCUT2D eigenvalue weighted by Gasteiger charge is 2.36. The second-order valence-corrected chi connectivity index (χ2v) is 3.01. The predicted molar refractivity (Wildman–Crippen MR) is 40.2 cm³/mol. The lowest BCUT2D eigenvalue weighted by Crippen LogP contribution is -2.21. The van der Waals surface area contributed by atoms with Crippen LogP contribution in [0.5, 0.6) is 0 Å². The molecular weight excluding hydrogens is 183 g/mol. The number of nitrogens with zero attached hydrogens (tertiary/aromatic N) is 1. The van der Waals surface area contributed by atoms with E-state index in [1.54, 1.807) is 6.92 Å². The molecule has 1 aromatic heterocycles. The molecule has 0 amide bonds. The molecule has 2 nitrogen and oxygen atoms in total. The van der Waals surface area contributed by atoms with Gasteiger partial charge in [0.05, 0.1) is 12.1 Å². The summed E-state index contributed by atoms with van der Waals surface area (Å²) in [6.07, 6.45) is -2.96. The van der Waals surface area contributed by atoms with Crippen LogP contribution in [-0.2, 0) is 6.42 Å². The van der Waals surface area contributed by atoms with Gasteiger partial charge in [0.1, 0.15) is 5.76 Å². The number of hydrogen-bond donors (Lipinski definition) is 0. The van der Waals surface area contributed by atoms with Gasteiger partial charge in [-0.25, -0.2) is 4.98 Å². The maximum Gasteiger partial charge on any atom is 0.392 e. The highest BCUT2D eigenvalue weighted by Crippen LogP contribution is 2.28. The van der Waals surface area contributed by atoms with Crippen LogP contribution in [0.25, 0.3) is 0 Å². The van der Waals surface area contributed by atoms with Gasteiger partial charge in [-0.3, -0.25) is 0 Å². The van der Waals surface area contributed by atoms with Gasteiger partial charge in [0.15, 0.2) is 5.89 Å². The molecule has 0 aliphatic carbocycles. The van der Waals surface area contributed by atoms with Gasteiger partial charge in [0.2, 0.25) is 0 Å². The highest BCUT2D eigenvalue weighted by molar-refractivity contribution is 4.92. The van der Waals surface area contributed by atoms with Gasteiger partial charge in [-0.15, -0.1) is 0 Å². The smallest absolute Gasteiger partial charge is 0.392 e. The molecule has 0 spiro atoms. The Bertz CT molecular complexity index is 279. The molecule has 0 fully saturated rings. The molecule has 0 bridgehead atoms. The molecule has 0 radical (unpaired) electrons. The Kier molecular flexibility index (Phi) is 2.63. The summed E-state index contributed by atoms with van der Waals surface area (Å²) in [4.78, 5) is 3.70. The summed E-state index contributed by atoms with van der Waals surface area (Å²) >= 11 is 0. The molecule has 1 rings (SSSR count). The van der Waals surface area contributed by atoms with E-state index in [1.165, 1.54) is 6.20 Å². The Morgan fingerprint density at radius 2 is 2.15 bits per heavy atom. The summed E-state index contributed by atoms with van der Waals surface area (Å²) in [6.45, 7) is 2.76. The molecular formula is C8H10F3NO. The van der Waals surface area contributed by atoms with Gasteiger partial charge in [0.25, 0.3) is 0 Å². The van der Waals surface area contributed by atoms with E-state index < -0.39 is 12.1 Å². The number of aromatic nitrogens is 1. The normalized spacial score (nSPS) is 14.5. The second-order valence-electron chi connectivity index (χ2n) is 3.01. The Labute approximate surface area is 73.8 Å². The first-order chi connectivity index (χ1) is 5.89. The van der Waals surface area contributed by atoms with Crippen LogP contribution < -0.4 is 0 Å².